The van der Waals surface area contributed by atoms with Crippen molar-refractivity contribution in [3.63, 3.8) is 0 Å². The Balaban J connectivity index is 1.68. The van der Waals surface area contributed by atoms with E-state index in [1.165, 1.54) is 41.6 Å². The molecular weight excluding hydrogens is 250 g/mol. The fraction of sp³-hybridized carbons (Fsp3) is 0.375. The third-order valence-corrected chi connectivity index (χ3v) is 4.28. The average Bonchev–Trinajstić information content (AvgIpc) is 3.12. The van der Waals surface area contributed by atoms with Crippen LogP contribution in [0.5, 0.6) is 6.01 Å². The topological polar surface area (TPSA) is 38.3 Å². The molecule has 102 valence electrons. The molecule has 2 aromatic rings. The lowest BCUT2D eigenvalue weighted by Crippen LogP contribution is -2.16. The number of aromatic nitrogens is 2. The van der Waals surface area contributed by atoms with Gasteiger partial charge in [0.15, 0.2) is 0 Å². The van der Waals surface area contributed by atoms with Crippen molar-refractivity contribution in [3.8, 4) is 6.01 Å². The molecule has 2 aliphatic rings. The zero-order chi connectivity index (χ0) is 13.5. The number of nitrogens with zero attached hydrogens (tertiary/aromatic N) is 3. The molecule has 4 nitrogen and oxygen atoms in total. The summed E-state index contributed by atoms with van der Waals surface area (Å²) in [5.74, 6) is 0. The Morgan fingerprint density at radius 3 is 3.00 bits per heavy atom. The monoisotopic (exact) mass is 267 g/mol. The van der Waals surface area contributed by atoms with E-state index in [-0.39, 0.29) is 0 Å². The summed E-state index contributed by atoms with van der Waals surface area (Å²) in [5, 5.41) is 0. The molecule has 1 aromatic carbocycles. The Labute approximate surface area is 118 Å². The molecule has 4 rings (SSSR count). The van der Waals surface area contributed by atoms with Gasteiger partial charge in [-0.05, 0) is 36.5 Å². The highest BCUT2D eigenvalue weighted by Crippen LogP contribution is 2.35. The zero-order valence-electron chi connectivity index (χ0n) is 11.6. The van der Waals surface area contributed by atoms with Crippen molar-refractivity contribution in [2.45, 2.75) is 32.4 Å². The summed E-state index contributed by atoms with van der Waals surface area (Å²) in [6.07, 6.45) is 5.59. The summed E-state index contributed by atoms with van der Waals surface area (Å²) >= 11 is 0. The summed E-state index contributed by atoms with van der Waals surface area (Å²) < 4.78 is 5.11. The van der Waals surface area contributed by atoms with Crippen molar-refractivity contribution in [2.75, 3.05) is 12.0 Å². The number of aryl methyl sites for hydroxylation is 1. The number of fused-ring (bicyclic) bond motifs is 2. The van der Waals surface area contributed by atoms with Gasteiger partial charge in [-0.3, -0.25) is 0 Å². The first-order valence-corrected chi connectivity index (χ1v) is 7.09. The first-order valence-electron chi connectivity index (χ1n) is 7.09. The van der Waals surface area contributed by atoms with Crippen molar-refractivity contribution in [2.24, 2.45) is 0 Å². The quantitative estimate of drug-likeness (QED) is 0.838. The van der Waals surface area contributed by atoms with Crippen LogP contribution in [0.1, 0.15) is 28.8 Å². The van der Waals surface area contributed by atoms with Gasteiger partial charge in [0.05, 0.1) is 19.3 Å². The van der Waals surface area contributed by atoms with Crippen LogP contribution in [-0.4, -0.2) is 17.1 Å². The third-order valence-electron chi connectivity index (χ3n) is 4.28. The number of methoxy groups -OCH3 is 1. The van der Waals surface area contributed by atoms with E-state index in [1.54, 1.807) is 7.11 Å². The van der Waals surface area contributed by atoms with Crippen molar-refractivity contribution < 1.29 is 4.74 Å². The first-order chi connectivity index (χ1) is 9.85. The predicted molar refractivity (Wildman–Crippen MR) is 76.9 cm³/mol. The molecule has 1 aliphatic heterocycles. The molecule has 0 atom stereocenters. The van der Waals surface area contributed by atoms with Crippen LogP contribution in [0.3, 0.4) is 0 Å². The molecule has 4 heteroatoms. The van der Waals surface area contributed by atoms with E-state index in [2.05, 4.69) is 33.1 Å². The smallest absolute Gasteiger partial charge is 0.316 e. The lowest BCUT2D eigenvalue weighted by molar-refractivity contribution is 0.378. The standard InChI is InChI=1S/C16H17N3O/c1-20-16-17-8-12-9-19(10-14(12)18-16)15-7-3-5-11-4-2-6-13(11)15/h3,5,7-8H,2,4,6,9-10H2,1H3. The van der Waals surface area contributed by atoms with Crippen LogP contribution in [0.15, 0.2) is 24.4 Å². The van der Waals surface area contributed by atoms with Crippen LogP contribution in [0.2, 0.25) is 0 Å². The van der Waals surface area contributed by atoms with E-state index in [0.717, 1.165) is 18.8 Å². The molecule has 20 heavy (non-hydrogen) atoms. The van der Waals surface area contributed by atoms with Crippen LogP contribution in [0, 0.1) is 0 Å². The van der Waals surface area contributed by atoms with E-state index < -0.39 is 0 Å². The summed E-state index contributed by atoms with van der Waals surface area (Å²) in [6.45, 7) is 1.75. The molecule has 0 saturated carbocycles. The minimum atomic E-state index is 0.462. The van der Waals surface area contributed by atoms with E-state index in [9.17, 15) is 0 Å². The molecule has 0 unspecified atom stereocenters. The van der Waals surface area contributed by atoms with Crippen molar-refractivity contribution >= 4 is 5.69 Å². The van der Waals surface area contributed by atoms with E-state index >= 15 is 0 Å². The van der Waals surface area contributed by atoms with Gasteiger partial charge in [-0.25, -0.2) is 4.98 Å². The highest BCUT2D eigenvalue weighted by Gasteiger charge is 2.25. The number of hydrogen-bond donors (Lipinski definition) is 0. The number of ether oxygens (including phenoxy) is 1. The van der Waals surface area contributed by atoms with Gasteiger partial charge in [0.1, 0.15) is 0 Å². The molecule has 0 amide bonds. The second-order valence-corrected chi connectivity index (χ2v) is 5.45. The first kappa shape index (κ1) is 11.7. The van der Waals surface area contributed by atoms with E-state index in [1.807, 2.05) is 6.20 Å². The predicted octanol–water partition coefficient (Wildman–Crippen LogP) is 2.49. The summed E-state index contributed by atoms with van der Waals surface area (Å²) in [5.41, 5.74) is 6.72. The van der Waals surface area contributed by atoms with E-state index in [0.29, 0.717) is 6.01 Å². The SMILES string of the molecule is COc1ncc2c(n1)CN(c1cccc3c1CCC3)C2. The summed E-state index contributed by atoms with van der Waals surface area (Å²) in [7, 11) is 1.61. The van der Waals surface area contributed by atoms with Gasteiger partial charge in [-0.15, -0.1) is 0 Å². The molecule has 2 heterocycles. The Bertz CT molecular complexity index is 669. The maximum absolute atomic E-state index is 5.11. The summed E-state index contributed by atoms with van der Waals surface area (Å²) in [4.78, 5) is 11.1. The molecule has 0 radical (unpaired) electrons. The maximum Gasteiger partial charge on any atom is 0.316 e. The third kappa shape index (κ3) is 1.75. The molecule has 0 spiro atoms. The van der Waals surface area contributed by atoms with Crippen LogP contribution < -0.4 is 9.64 Å². The highest BCUT2D eigenvalue weighted by molar-refractivity contribution is 5.60. The number of benzene rings is 1. The number of anilines is 1. The van der Waals surface area contributed by atoms with Crippen LogP contribution in [0.25, 0.3) is 0 Å². The van der Waals surface area contributed by atoms with Crippen molar-refractivity contribution in [3.05, 3.63) is 46.8 Å². The molecule has 1 aliphatic carbocycles. The lowest BCUT2D eigenvalue weighted by atomic mass is 10.1. The summed E-state index contributed by atoms with van der Waals surface area (Å²) in [6, 6.07) is 7.14. The van der Waals surface area contributed by atoms with Gasteiger partial charge in [0.2, 0.25) is 0 Å². The van der Waals surface area contributed by atoms with Gasteiger partial charge in [-0.1, -0.05) is 12.1 Å². The Morgan fingerprint density at radius 1 is 1.15 bits per heavy atom. The van der Waals surface area contributed by atoms with Gasteiger partial charge in [0, 0.05) is 24.0 Å². The molecule has 0 bridgehead atoms. The Hall–Kier alpha value is -2.10. The minimum absolute atomic E-state index is 0.462. The molecule has 1 aromatic heterocycles. The normalized spacial score (nSPS) is 16.1. The van der Waals surface area contributed by atoms with Crippen LogP contribution in [-0.2, 0) is 25.9 Å². The average molecular weight is 267 g/mol. The maximum atomic E-state index is 5.11. The molecular formula is C16H17N3O. The van der Waals surface area contributed by atoms with Gasteiger partial charge < -0.3 is 9.64 Å². The van der Waals surface area contributed by atoms with E-state index in [4.69, 9.17) is 4.74 Å². The fourth-order valence-corrected chi connectivity index (χ4v) is 3.30. The Morgan fingerprint density at radius 2 is 2.10 bits per heavy atom. The van der Waals surface area contributed by atoms with Crippen molar-refractivity contribution in [1.82, 2.24) is 9.97 Å². The van der Waals surface area contributed by atoms with Gasteiger partial charge in [0.25, 0.3) is 0 Å². The Kier molecular flexibility index (Phi) is 2.62. The highest BCUT2D eigenvalue weighted by atomic mass is 16.5. The van der Waals surface area contributed by atoms with Crippen LogP contribution >= 0.6 is 0 Å². The molecule has 0 saturated heterocycles. The number of rotatable bonds is 2. The molecule has 0 fully saturated rings. The van der Waals surface area contributed by atoms with Gasteiger partial charge in [-0.2, -0.15) is 4.98 Å². The zero-order valence-corrected chi connectivity index (χ0v) is 11.6. The number of hydrogen-bond acceptors (Lipinski definition) is 4. The van der Waals surface area contributed by atoms with Gasteiger partial charge >= 0.3 is 6.01 Å². The molecule has 0 N–H and O–H groups in total. The minimum Gasteiger partial charge on any atom is -0.467 e. The van der Waals surface area contributed by atoms with Crippen LogP contribution in [0.4, 0.5) is 5.69 Å². The largest absolute Gasteiger partial charge is 0.467 e. The second kappa shape index (κ2) is 4.47. The van der Waals surface area contributed by atoms with Crippen molar-refractivity contribution in [1.29, 1.82) is 0 Å². The lowest BCUT2D eigenvalue weighted by Gasteiger charge is -2.21. The fourth-order valence-electron chi connectivity index (χ4n) is 3.30. The second-order valence-electron chi connectivity index (χ2n) is 5.45.